The summed E-state index contributed by atoms with van der Waals surface area (Å²) in [6, 6.07) is 1.18. The van der Waals surface area contributed by atoms with Crippen molar-refractivity contribution >= 4 is 5.91 Å². The molecule has 1 saturated heterocycles. The Morgan fingerprint density at radius 2 is 2.16 bits per heavy atom. The maximum Gasteiger partial charge on any atom is 0.315 e. The van der Waals surface area contributed by atoms with E-state index >= 15 is 0 Å². The second-order valence-corrected chi connectivity index (χ2v) is 4.17. The summed E-state index contributed by atoms with van der Waals surface area (Å²) >= 11 is 0. The molecule has 2 rings (SSSR count). The molecule has 0 saturated carbocycles. The first-order valence-corrected chi connectivity index (χ1v) is 5.52. The van der Waals surface area contributed by atoms with Crippen molar-refractivity contribution in [3.8, 4) is 0 Å². The highest BCUT2D eigenvalue weighted by Crippen LogP contribution is 2.24. The van der Waals surface area contributed by atoms with Crippen molar-refractivity contribution < 1.29 is 29.5 Å². The number of nitrogens with zero attached hydrogens (tertiary/aromatic N) is 1. The zero-order chi connectivity index (χ0) is 14.2. The lowest BCUT2D eigenvalue weighted by molar-refractivity contribution is -0.815. The number of primary amides is 1. The van der Waals surface area contributed by atoms with Gasteiger partial charge in [0, 0.05) is 6.07 Å². The van der Waals surface area contributed by atoms with Crippen molar-refractivity contribution in [1.29, 1.82) is 0 Å². The highest BCUT2D eigenvalue weighted by atomic mass is 16.6. The number of aromatic amines is 1. The molecule has 1 fully saturated rings. The van der Waals surface area contributed by atoms with Gasteiger partial charge < -0.3 is 25.8 Å². The number of H-pyrrole nitrogens is 1. The summed E-state index contributed by atoms with van der Waals surface area (Å²) in [5.41, 5.74) is 4.01. The van der Waals surface area contributed by atoms with Gasteiger partial charge >= 0.3 is 11.8 Å². The van der Waals surface area contributed by atoms with Crippen LogP contribution in [-0.4, -0.2) is 51.2 Å². The molecule has 1 aliphatic heterocycles. The van der Waals surface area contributed by atoms with Gasteiger partial charge in [0.1, 0.15) is 17.8 Å². The van der Waals surface area contributed by atoms with E-state index in [1.54, 1.807) is 0 Å². The predicted molar refractivity (Wildman–Crippen MR) is 58.8 cm³/mol. The number of ether oxygens (including phenoxy) is 1. The summed E-state index contributed by atoms with van der Waals surface area (Å²) in [4.78, 5) is 22.5. The van der Waals surface area contributed by atoms with E-state index in [2.05, 4.69) is 5.10 Å². The first-order chi connectivity index (χ1) is 8.95. The van der Waals surface area contributed by atoms with E-state index < -0.39 is 42.6 Å². The molecule has 1 amide bonds. The predicted octanol–water partition coefficient (Wildman–Crippen LogP) is -3.63. The molecule has 0 spiro atoms. The van der Waals surface area contributed by atoms with Crippen LogP contribution >= 0.6 is 0 Å². The van der Waals surface area contributed by atoms with Crippen molar-refractivity contribution in [2.75, 3.05) is 6.61 Å². The van der Waals surface area contributed by atoms with Gasteiger partial charge in [0.2, 0.25) is 0 Å². The summed E-state index contributed by atoms with van der Waals surface area (Å²) in [5, 5.41) is 30.6. The minimum atomic E-state index is -1.32. The molecule has 0 aromatic carbocycles. The standard InChI is InChI=1S/C10H13N3O6/c11-8(17)4-1-2-13(12-9(4)18)10-7(16)6(15)5(3-14)19-10/h1-2,5-7,10,14-16H,3H2,(H2-,11,12,17,18)/p+1/t5-,6-,7-,10-/m1/s1. The topological polar surface area (TPSA) is 150 Å². The number of aliphatic hydroxyl groups is 3. The fourth-order valence-electron chi connectivity index (χ4n) is 1.90. The summed E-state index contributed by atoms with van der Waals surface area (Å²) < 4.78 is 6.30. The van der Waals surface area contributed by atoms with Gasteiger partial charge in [0.25, 0.3) is 5.91 Å². The Morgan fingerprint density at radius 1 is 1.47 bits per heavy atom. The normalized spacial score (nSPS) is 30.5. The van der Waals surface area contributed by atoms with Crippen molar-refractivity contribution in [2.45, 2.75) is 24.5 Å². The number of hydrogen-bond acceptors (Lipinski definition) is 6. The van der Waals surface area contributed by atoms with Crippen LogP contribution in [0.5, 0.6) is 0 Å². The van der Waals surface area contributed by atoms with Gasteiger partial charge in [-0.05, 0) is 0 Å². The highest BCUT2D eigenvalue weighted by molar-refractivity contribution is 5.92. The Balaban J connectivity index is 2.31. The molecule has 4 atom stereocenters. The molecule has 0 bridgehead atoms. The summed E-state index contributed by atoms with van der Waals surface area (Å²) in [7, 11) is 0. The van der Waals surface area contributed by atoms with Crippen molar-refractivity contribution in [3.63, 3.8) is 0 Å². The summed E-state index contributed by atoms with van der Waals surface area (Å²) in [6.45, 7) is -0.473. The molecule has 2 heterocycles. The molecule has 1 aromatic rings. The lowest BCUT2D eigenvalue weighted by atomic mass is 10.1. The van der Waals surface area contributed by atoms with Crippen LogP contribution in [0.15, 0.2) is 17.1 Å². The van der Waals surface area contributed by atoms with Crippen LogP contribution in [0.4, 0.5) is 0 Å². The van der Waals surface area contributed by atoms with Gasteiger partial charge in [0.15, 0.2) is 12.3 Å². The van der Waals surface area contributed by atoms with Crippen LogP contribution in [0.3, 0.4) is 0 Å². The summed E-state index contributed by atoms with van der Waals surface area (Å²) in [6.07, 6.45) is -3.34. The van der Waals surface area contributed by atoms with Crippen LogP contribution in [-0.2, 0) is 4.74 Å². The first-order valence-electron chi connectivity index (χ1n) is 5.52. The minimum absolute atomic E-state index is 0.233. The van der Waals surface area contributed by atoms with Crippen LogP contribution in [0.2, 0.25) is 0 Å². The third kappa shape index (κ3) is 2.36. The molecule has 1 aromatic heterocycles. The largest absolute Gasteiger partial charge is 0.394 e. The number of carbonyl (C=O) groups excluding carboxylic acids is 1. The van der Waals surface area contributed by atoms with Gasteiger partial charge in [-0.25, -0.2) is 0 Å². The zero-order valence-electron chi connectivity index (χ0n) is 9.76. The Kier molecular flexibility index (Phi) is 3.62. The molecule has 0 unspecified atom stereocenters. The number of aliphatic hydroxyl groups excluding tert-OH is 3. The van der Waals surface area contributed by atoms with Crippen molar-refractivity contribution in [3.05, 3.63) is 28.2 Å². The molecule has 0 radical (unpaired) electrons. The molecule has 19 heavy (non-hydrogen) atoms. The van der Waals surface area contributed by atoms with Gasteiger partial charge in [-0.3, -0.25) is 9.59 Å². The zero-order valence-corrected chi connectivity index (χ0v) is 9.76. The lowest BCUT2D eigenvalue weighted by Gasteiger charge is -2.09. The van der Waals surface area contributed by atoms with Crippen molar-refractivity contribution in [2.24, 2.45) is 5.73 Å². The van der Waals surface area contributed by atoms with Crippen LogP contribution < -0.4 is 16.0 Å². The average Bonchev–Trinajstić information content (AvgIpc) is 2.65. The Labute approximate surface area is 106 Å². The van der Waals surface area contributed by atoms with Crippen LogP contribution in [0, 0.1) is 0 Å². The van der Waals surface area contributed by atoms with Gasteiger partial charge in [-0.1, -0.05) is 4.68 Å². The van der Waals surface area contributed by atoms with E-state index in [0.717, 1.165) is 4.68 Å². The quantitative estimate of drug-likeness (QED) is 0.358. The number of nitrogens with two attached hydrogens (primary N) is 1. The van der Waals surface area contributed by atoms with Crippen molar-refractivity contribution in [1.82, 2.24) is 5.10 Å². The van der Waals surface area contributed by atoms with Gasteiger partial charge in [-0.2, -0.15) is 0 Å². The third-order valence-electron chi connectivity index (χ3n) is 2.93. The van der Waals surface area contributed by atoms with Crippen LogP contribution in [0.1, 0.15) is 16.6 Å². The molecule has 9 heteroatoms. The minimum Gasteiger partial charge on any atom is -0.394 e. The van der Waals surface area contributed by atoms with Gasteiger partial charge in [0.05, 0.1) is 6.61 Å². The molecule has 6 N–H and O–H groups in total. The number of aromatic nitrogens is 2. The number of carbonyl (C=O) groups is 1. The van der Waals surface area contributed by atoms with E-state index in [0.29, 0.717) is 0 Å². The molecule has 104 valence electrons. The Bertz CT molecular complexity index is 544. The number of amides is 1. The third-order valence-corrected chi connectivity index (χ3v) is 2.93. The summed E-state index contributed by atoms with van der Waals surface area (Å²) in [5.74, 6) is -0.880. The number of nitrogens with one attached hydrogen (secondary N) is 1. The second-order valence-electron chi connectivity index (χ2n) is 4.17. The monoisotopic (exact) mass is 272 g/mol. The molecular weight excluding hydrogens is 258 g/mol. The molecule has 9 nitrogen and oxygen atoms in total. The highest BCUT2D eigenvalue weighted by Gasteiger charge is 2.48. The average molecular weight is 272 g/mol. The fraction of sp³-hybridized carbons (Fsp3) is 0.500. The SMILES string of the molecule is NC(=O)c1cc[n+]([C@@H]2O[C@H](CO)[C@@H](O)[C@H]2O)[nH]c1=O. The second kappa shape index (κ2) is 5.05. The Morgan fingerprint density at radius 3 is 2.63 bits per heavy atom. The maximum atomic E-state index is 11.6. The first kappa shape index (κ1) is 13.6. The Hall–Kier alpha value is -1.81. The van der Waals surface area contributed by atoms with E-state index in [-0.39, 0.29) is 5.56 Å². The van der Waals surface area contributed by atoms with E-state index in [1.807, 2.05) is 0 Å². The van der Waals surface area contributed by atoms with Crippen LogP contribution in [0.25, 0.3) is 0 Å². The molecular formula is C10H14N3O6+. The van der Waals surface area contributed by atoms with Gasteiger partial charge in [-0.15, -0.1) is 5.10 Å². The fourth-order valence-corrected chi connectivity index (χ4v) is 1.90. The smallest absolute Gasteiger partial charge is 0.315 e. The number of rotatable bonds is 3. The van der Waals surface area contributed by atoms with E-state index in [1.165, 1.54) is 12.3 Å². The van der Waals surface area contributed by atoms with E-state index in [9.17, 15) is 19.8 Å². The number of hydrogen-bond donors (Lipinski definition) is 5. The molecule has 0 aliphatic carbocycles. The lowest BCUT2D eigenvalue weighted by Crippen LogP contribution is -2.52. The maximum absolute atomic E-state index is 11.6. The van der Waals surface area contributed by atoms with E-state index in [4.69, 9.17) is 15.6 Å². The molecule has 1 aliphatic rings.